The van der Waals surface area contributed by atoms with Crippen molar-refractivity contribution in [3.05, 3.63) is 18.0 Å². The van der Waals surface area contributed by atoms with E-state index in [1.165, 1.54) is 7.05 Å². The second-order valence-corrected chi connectivity index (χ2v) is 3.54. The number of nitrogens with zero attached hydrogens (tertiary/aromatic N) is 3. The fraction of sp³-hybridized carbons (Fsp3) is 0.444. The van der Waals surface area contributed by atoms with E-state index in [0.717, 1.165) is 21.8 Å². The minimum Gasteiger partial charge on any atom is -0.480 e. The van der Waals surface area contributed by atoms with Gasteiger partial charge in [-0.05, 0) is 6.07 Å². The second kappa shape index (κ2) is 5.07. The molecule has 0 bridgehead atoms. The number of carboxylic acid groups (broad SMARTS) is 1. The van der Waals surface area contributed by atoms with Crippen LogP contribution in [0, 0.1) is 0 Å². The number of rotatable bonds is 4. The first kappa shape index (κ1) is 14.0. The van der Waals surface area contributed by atoms with Crippen LogP contribution in [-0.4, -0.2) is 45.3 Å². The van der Waals surface area contributed by atoms with Crippen LogP contribution >= 0.6 is 0 Å². The van der Waals surface area contributed by atoms with Gasteiger partial charge >= 0.3 is 12.1 Å². The molecular formula is C9H10F3N3O3. The van der Waals surface area contributed by atoms with Gasteiger partial charge in [0.05, 0.1) is 0 Å². The molecule has 9 heteroatoms. The molecule has 0 atom stereocenters. The number of hydrogen-bond acceptors (Lipinski definition) is 3. The lowest BCUT2D eigenvalue weighted by Crippen LogP contribution is -2.34. The number of carboxylic acids is 1. The highest BCUT2D eigenvalue weighted by Gasteiger charge is 2.33. The summed E-state index contributed by atoms with van der Waals surface area (Å²) < 4.78 is 37.5. The predicted octanol–water partition coefficient (Wildman–Crippen LogP) is 0.445. The van der Waals surface area contributed by atoms with Gasteiger partial charge in [0, 0.05) is 13.2 Å². The molecule has 0 spiro atoms. The highest BCUT2D eigenvalue weighted by Crippen LogP contribution is 2.27. The molecule has 0 aliphatic rings. The molecule has 0 fully saturated rings. The van der Waals surface area contributed by atoms with Gasteiger partial charge in [-0.2, -0.15) is 18.3 Å². The largest absolute Gasteiger partial charge is 0.480 e. The van der Waals surface area contributed by atoms with Crippen LogP contribution in [0.5, 0.6) is 0 Å². The average molecular weight is 265 g/mol. The molecule has 1 heterocycles. The predicted molar refractivity (Wildman–Crippen MR) is 52.5 cm³/mol. The molecule has 0 unspecified atom stereocenters. The van der Waals surface area contributed by atoms with E-state index >= 15 is 0 Å². The first-order valence-corrected chi connectivity index (χ1v) is 4.76. The number of carbonyl (C=O) groups excluding carboxylic acids is 1. The minimum atomic E-state index is -4.57. The van der Waals surface area contributed by atoms with Crippen molar-refractivity contribution in [3.8, 4) is 0 Å². The third-order valence-electron chi connectivity index (χ3n) is 2.03. The summed E-state index contributed by atoms with van der Waals surface area (Å²) in [7, 11) is 1.24. The summed E-state index contributed by atoms with van der Waals surface area (Å²) in [4.78, 5) is 22.7. The van der Waals surface area contributed by atoms with Crippen molar-refractivity contribution >= 4 is 11.9 Å². The number of likely N-dealkylation sites (N-methyl/N-ethyl adjacent to an activating group) is 1. The maximum absolute atomic E-state index is 12.2. The summed E-state index contributed by atoms with van der Waals surface area (Å²) in [6.45, 7) is -0.966. The molecule has 0 aromatic carbocycles. The quantitative estimate of drug-likeness (QED) is 0.857. The fourth-order valence-corrected chi connectivity index (χ4v) is 1.15. The third kappa shape index (κ3) is 3.75. The number of aliphatic carboxylic acids is 1. The van der Waals surface area contributed by atoms with Crippen molar-refractivity contribution in [1.82, 2.24) is 14.7 Å². The average Bonchev–Trinajstić information content (AvgIpc) is 2.64. The highest BCUT2D eigenvalue weighted by molar-refractivity contribution is 5.80. The molecule has 6 nitrogen and oxygen atoms in total. The summed E-state index contributed by atoms with van der Waals surface area (Å²) in [6.07, 6.45) is -3.56. The lowest BCUT2D eigenvalue weighted by Gasteiger charge is -2.14. The second-order valence-electron chi connectivity index (χ2n) is 3.54. The van der Waals surface area contributed by atoms with E-state index < -0.39 is 36.8 Å². The minimum absolute atomic E-state index is 0.445. The standard InChI is InChI=1S/C9H10F3N3O3/c1-14(5-8(17)18)7(16)4-15-3-2-6(13-15)9(10,11)12/h2-3H,4-5H2,1H3,(H,17,18). The molecule has 100 valence electrons. The van der Waals surface area contributed by atoms with Crippen LogP contribution < -0.4 is 0 Å². The van der Waals surface area contributed by atoms with Gasteiger partial charge < -0.3 is 10.0 Å². The van der Waals surface area contributed by atoms with Crippen molar-refractivity contribution in [3.63, 3.8) is 0 Å². The van der Waals surface area contributed by atoms with Gasteiger partial charge in [-0.3, -0.25) is 14.3 Å². The van der Waals surface area contributed by atoms with Crippen LogP contribution in [0.25, 0.3) is 0 Å². The Bertz CT molecular complexity index is 455. The Kier molecular flexibility index (Phi) is 3.94. The molecule has 0 saturated heterocycles. The van der Waals surface area contributed by atoms with Crippen molar-refractivity contribution in [1.29, 1.82) is 0 Å². The number of hydrogen-bond donors (Lipinski definition) is 1. The van der Waals surface area contributed by atoms with E-state index in [0.29, 0.717) is 0 Å². The summed E-state index contributed by atoms with van der Waals surface area (Å²) in [5.41, 5.74) is -1.10. The first-order chi connectivity index (χ1) is 8.20. The Morgan fingerprint density at radius 3 is 2.56 bits per heavy atom. The van der Waals surface area contributed by atoms with Gasteiger partial charge in [-0.15, -0.1) is 0 Å². The topological polar surface area (TPSA) is 75.4 Å². The van der Waals surface area contributed by atoms with Gasteiger partial charge in [-0.1, -0.05) is 0 Å². The Morgan fingerprint density at radius 2 is 2.11 bits per heavy atom. The number of alkyl halides is 3. The molecule has 1 amide bonds. The zero-order valence-corrected chi connectivity index (χ0v) is 9.31. The van der Waals surface area contributed by atoms with Crippen LogP contribution in [0.4, 0.5) is 13.2 Å². The summed E-state index contributed by atoms with van der Waals surface area (Å²) in [6, 6.07) is 0.741. The maximum Gasteiger partial charge on any atom is 0.435 e. The van der Waals surface area contributed by atoms with E-state index in [1.807, 2.05) is 0 Å². The van der Waals surface area contributed by atoms with Crippen molar-refractivity contribution < 1.29 is 27.9 Å². The monoisotopic (exact) mass is 265 g/mol. The summed E-state index contributed by atoms with van der Waals surface area (Å²) in [5, 5.41) is 11.6. The Hall–Kier alpha value is -2.06. The smallest absolute Gasteiger partial charge is 0.435 e. The zero-order chi connectivity index (χ0) is 13.9. The van der Waals surface area contributed by atoms with Gasteiger partial charge in [0.15, 0.2) is 5.69 Å². The van der Waals surface area contributed by atoms with Crippen LogP contribution in [0.15, 0.2) is 12.3 Å². The maximum atomic E-state index is 12.2. The Balaban J connectivity index is 2.65. The van der Waals surface area contributed by atoms with Crippen molar-refractivity contribution in [2.45, 2.75) is 12.7 Å². The lowest BCUT2D eigenvalue weighted by molar-refractivity contribution is -0.144. The van der Waals surface area contributed by atoms with Crippen LogP contribution in [0.3, 0.4) is 0 Å². The number of carbonyl (C=O) groups is 2. The van der Waals surface area contributed by atoms with E-state index in [2.05, 4.69) is 5.10 Å². The normalized spacial score (nSPS) is 11.3. The molecule has 0 radical (unpaired) electrons. The number of aromatic nitrogens is 2. The van der Waals surface area contributed by atoms with Crippen LogP contribution in [0.2, 0.25) is 0 Å². The molecule has 0 aliphatic heterocycles. The van der Waals surface area contributed by atoms with Crippen LogP contribution in [0.1, 0.15) is 5.69 Å². The lowest BCUT2D eigenvalue weighted by atomic mass is 10.4. The van der Waals surface area contributed by atoms with Crippen LogP contribution in [-0.2, 0) is 22.3 Å². The van der Waals surface area contributed by atoms with Gasteiger partial charge in [0.25, 0.3) is 0 Å². The molecule has 0 aliphatic carbocycles. The molecule has 1 rings (SSSR count). The first-order valence-electron chi connectivity index (χ1n) is 4.76. The summed E-state index contributed by atoms with van der Waals surface area (Å²) in [5.74, 6) is -1.85. The highest BCUT2D eigenvalue weighted by atomic mass is 19.4. The van der Waals surface area contributed by atoms with Gasteiger partial charge in [0.1, 0.15) is 13.1 Å². The number of halogens is 3. The molecule has 1 aromatic rings. The Labute approximate surface area is 99.6 Å². The zero-order valence-electron chi connectivity index (χ0n) is 9.31. The van der Waals surface area contributed by atoms with E-state index in [9.17, 15) is 22.8 Å². The van der Waals surface area contributed by atoms with Gasteiger partial charge in [0.2, 0.25) is 5.91 Å². The number of amides is 1. The molecule has 0 saturated carbocycles. The van der Waals surface area contributed by atoms with E-state index in [-0.39, 0.29) is 0 Å². The van der Waals surface area contributed by atoms with E-state index in [4.69, 9.17) is 5.11 Å². The Morgan fingerprint density at radius 1 is 1.50 bits per heavy atom. The molecule has 1 aromatic heterocycles. The van der Waals surface area contributed by atoms with E-state index in [1.54, 1.807) is 0 Å². The molecule has 1 N–H and O–H groups in total. The third-order valence-corrected chi connectivity index (χ3v) is 2.03. The SMILES string of the molecule is CN(CC(=O)O)C(=O)Cn1ccc(C(F)(F)F)n1. The molecule has 18 heavy (non-hydrogen) atoms. The summed E-state index contributed by atoms with van der Waals surface area (Å²) >= 11 is 0. The fourth-order valence-electron chi connectivity index (χ4n) is 1.15. The van der Waals surface area contributed by atoms with Crippen molar-refractivity contribution in [2.75, 3.05) is 13.6 Å². The van der Waals surface area contributed by atoms with Crippen molar-refractivity contribution in [2.24, 2.45) is 0 Å². The van der Waals surface area contributed by atoms with Gasteiger partial charge in [-0.25, -0.2) is 0 Å². The molecular weight excluding hydrogens is 255 g/mol.